The third-order valence-corrected chi connectivity index (χ3v) is 5.30. The summed E-state index contributed by atoms with van der Waals surface area (Å²) < 4.78 is 5.93. The molecular formula is C21H33N5OS. The van der Waals surface area contributed by atoms with E-state index < -0.39 is 0 Å². The van der Waals surface area contributed by atoms with Crippen LogP contribution in [0.2, 0.25) is 0 Å². The molecule has 6 nitrogen and oxygen atoms in total. The van der Waals surface area contributed by atoms with Gasteiger partial charge in [0.05, 0.1) is 11.6 Å². The Bertz CT molecular complexity index is 729. The van der Waals surface area contributed by atoms with Crippen molar-refractivity contribution in [2.45, 2.75) is 33.2 Å². The molecule has 0 bridgehead atoms. The van der Waals surface area contributed by atoms with Gasteiger partial charge in [0.15, 0.2) is 5.96 Å². The van der Waals surface area contributed by atoms with Crippen LogP contribution < -0.4 is 15.4 Å². The van der Waals surface area contributed by atoms with Gasteiger partial charge in [-0.1, -0.05) is 25.1 Å². The minimum Gasteiger partial charge on any atom is -0.492 e. The minimum absolute atomic E-state index is 0.574. The second-order valence-corrected chi connectivity index (χ2v) is 7.91. The van der Waals surface area contributed by atoms with E-state index in [9.17, 15) is 0 Å². The number of aliphatic imine (C=N–C) groups is 1. The summed E-state index contributed by atoms with van der Waals surface area (Å²) in [6.07, 6.45) is 3.93. The summed E-state index contributed by atoms with van der Waals surface area (Å²) in [5, 5.41) is 7.88. The molecule has 2 aromatic rings. The van der Waals surface area contributed by atoms with Crippen LogP contribution in [0.5, 0.6) is 5.75 Å². The standard InChI is InChI=1S/C21H33N5OS/c1-5-18-16-24-20(28-18)11-12-23-21(22-6-2)25-15-17-9-7-8-10-19(17)27-14-13-26(3)4/h7-10,16H,5-6,11-15H2,1-4H3,(H2,22,23,25). The second-order valence-electron chi connectivity index (χ2n) is 6.71. The average molecular weight is 404 g/mol. The van der Waals surface area contributed by atoms with Gasteiger partial charge in [-0.15, -0.1) is 11.3 Å². The topological polar surface area (TPSA) is 61.8 Å². The lowest BCUT2D eigenvalue weighted by molar-refractivity contribution is 0.259. The molecule has 0 aliphatic heterocycles. The third-order valence-electron chi connectivity index (χ3n) is 4.10. The van der Waals surface area contributed by atoms with Gasteiger partial charge in [0, 0.05) is 42.7 Å². The van der Waals surface area contributed by atoms with Gasteiger partial charge in [0.1, 0.15) is 12.4 Å². The molecule has 0 fully saturated rings. The van der Waals surface area contributed by atoms with E-state index in [1.807, 2.05) is 38.5 Å². The number of aryl methyl sites for hydroxylation is 1. The molecule has 0 aliphatic rings. The molecule has 28 heavy (non-hydrogen) atoms. The van der Waals surface area contributed by atoms with Crippen LogP contribution in [0.1, 0.15) is 29.3 Å². The number of thiazole rings is 1. The highest BCUT2D eigenvalue weighted by molar-refractivity contribution is 7.11. The fourth-order valence-electron chi connectivity index (χ4n) is 2.53. The Labute approximate surface area is 173 Å². The molecule has 0 aliphatic carbocycles. The Balaban J connectivity index is 1.90. The lowest BCUT2D eigenvalue weighted by Gasteiger charge is -2.14. The molecule has 2 N–H and O–H groups in total. The average Bonchev–Trinajstić information content (AvgIpc) is 3.15. The Kier molecular flexibility index (Phi) is 9.79. The van der Waals surface area contributed by atoms with Crippen molar-refractivity contribution in [3.8, 4) is 5.75 Å². The fraction of sp³-hybridized carbons (Fsp3) is 0.524. The van der Waals surface area contributed by atoms with Crippen LogP contribution >= 0.6 is 11.3 Å². The van der Waals surface area contributed by atoms with E-state index in [4.69, 9.17) is 9.73 Å². The molecule has 0 atom stereocenters. The summed E-state index contributed by atoms with van der Waals surface area (Å²) in [5.41, 5.74) is 1.09. The van der Waals surface area contributed by atoms with Crippen molar-refractivity contribution >= 4 is 17.3 Å². The Hall–Kier alpha value is -2.12. The van der Waals surface area contributed by atoms with Gasteiger partial charge in [-0.05, 0) is 33.5 Å². The number of hydrogen-bond acceptors (Lipinski definition) is 5. The van der Waals surface area contributed by atoms with Crippen LogP contribution in [0.15, 0.2) is 35.5 Å². The van der Waals surface area contributed by atoms with E-state index in [0.29, 0.717) is 13.2 Å². The van der Waals surface area contributed by atoms with E-state index in [-0.39, 0.29) is 0 Å². The molecule has 1 heterocycles. The van der Waals surface area contributed by atoms with E-state index in [0.717, 1.165) is 49.7 Å². The molecule has 0 saturated heterocycles. The lowest BCUT2D eigenvalue weighted by Crippen LogP contribution is -2.38. The number of benzene rings is 1. The van der Waals surface area contributed by atoms with Crippen molar-refractivity contribution in [3.05, 3.63) is 45.9 Å². The highest BCUT2D eigenvalue weighted by atomic mass is 32.1. The summed E-state index contributed by atoms with van der Waals surface area (Å²) in [7, 11) is 4.09. The van der Waals surface area contributed by atoms with Gasteiger partial charge in [0.25, 0.3) is 0 Å². The zero-order valence-electron chi connectivity index (χ0n) is 17.5. The van der Waals surface area contributed by atoms with Gasteiger partial charge in [-0.2, -0.15) is 0 Å². The maximum atomic E-state index is 5.93. The van der Waals surface area contributed by atoms with Crippen molar-refractivity contribution < 1.29 is 4.74 Å². The SMILES string of the molecule is CCNC(=NCc1ccccc1OCCN(C)C)NCCc1ncc(CC)s1. The predicted molar refractivity (Wildman–Crippen MR) is 119 cm³/mol. The molecule has 1 aromatic heterocycles. The molecule has 0 amide bonds. The van der Waals surface area contributed by atoms with Crippen LogP contribution in [-0.2, 0) is 19.4 Å². The molecule has 1 aromatic carbocycles. The fourth-order valence-corrected chi connectivity index (χ4v) is 3.40. The molecular weight excluding hydrogens is 370 g/mol. The van der Waals surface area contributed by atoms with Crippen molar-refractivity contribution in [3.63, 3.8) is 0 Å². The van der Waals surface area contributed by atoms with E-state index in [1.165, 1.54) is 9.88 Å². The van der Waals surface area contributed by atoms with E-state index >= 15 is 0 Å². The van der Waals surface area contributed by atoms with Gasteiger partial charge in [0.2, 0.25) is 0 Å². The predicted octanol–water partition coefficient (Wildman–Crippen LogP) is 2.94. The van der Waals surface area contributed by atoms with Gasteiger partial charge < -0.3 is 20.3 Å². The smallest absolute Gasteiger partial charge is 0.191 e. The zero-order valence-corrected chi connectivity index (χ0v) is 18.3. The number of aromatic nitrogens is 1. The molecule has 0 spiro atoms. The Morgan fingerprint density at radius 2 is 2.04 bits per heavy atom. The van der Waals surface area contributed by atoms with Crippen LogP contribution in [0, 0.1) is 0 Å². The minimum atomic E-state index is 0.574. The number of nitrogens with zero attached hydrogens (tertiary/aromatic N) is 3. The summed E-state index contributed by atoms with van der Waals surface area (Å²) in [6, 6.07) is 8.10. The first-order chi connectivity index (χ1) is 13.6. The summed E-state index contributed by atoms with van der Waals surface area (Å²) in [6.45, 7) is 7.99. The van der Waals surface area contributed by atoms with Crippen LogP contribution in [0.4, 0.5) is 0 Å². The van der Waals surface area contributed by atoms with Gasteiger partial charge in [-0.25, -0.2) is 9.98 Å². The number of ether oxygens (including phenoxy) is 1. The third kappa shape index (κ3) is 7.86. The first kappa shape index (κ1) is 22.2. The van der Waals surface area contributed by atoms with Crippen molar-refractivity contribution in [2.75, 3.05) is 40.3 Å². The monoisotopic (exact) mass is 403 g/mol. The molecule has 0 unspecified atom stereocenters. The van der Waals surface area contributed by atoms with Crippen molar-refractivity contribution in [2.24, 2.45) is 4.99 Å². The Morgan fingerprint density at radius 1 is 1.21 bits per heavy atom. The number of para-hydroxylation sites is 1. The van der Waals surface area contributed by atoms with Crippen LogP contribution in [0.25, 0.3) is 0 Å². The van der Waals surface area contributed by atoms with Gasteiger partial charge in [-0.3, -0.25) is 0 Å². The first-order valence-corrected chi connectivity index (χ1v) is 10.7. The lowest BCUT2D eigenvalue weighted by atomic mass is 10.2. The summed E-state index contributed by atoms with van der Waals surface area (Å²) >= 11 is 1.79. The first-order valence-electron chi connectivity index (χ1n) is 9.93. The zero-order chi connectivity index (χ0) is 20.2. The number of guanidine groups is 1. The molecule has 2 rings (SSSR count). The second kappa shape index (κ2) is 12.4. The van der Waals surface area contributed by atoms with E-state index in [1.54, 1.807) is 11.3 Å². The van der Waals surface area contributed by atoms with Gasteiger partial charge >= 0.3 is 0 Å². The summed E-state index contributed by atoms with van der Waals surface area (Å²) in [5.74, 6) is 1.72. The number of rotatable bonds is 11. The van der Waals surface area contributed by atoms with Crippen molar-refractivity contribution in [1.82, 2.24) is 20.5 Å². The molecule has 154 valence electrons. The maximum absolute atomic E-state index is 5.93. The van der Waals surface area contributed by atoms with E-state index in [2.05, 4.69) is 40.4 Å². The Morgan fingerprint density at radius 3 is 2.75 bits per heavy atom. The highest BCUT2D eigenvalue weighted by Crippen LogP contribution is 2.19. The van der Waals surface area contributed by atoms with Crippen molar-refractivity contribution in [1.29, 1.82) is 0 Å². The number of hydrogen-bond donors (Lipinski definition) is 2. The summed E-state index contributed by atoms with van der Waals surface area (Å²) in [4.78, 5) is 12.6. The largest absolute Gasteiger partial charge is 0.492 e. The number of likely N-dealkylation sites (N-methyl/N-ethyl adjacent to an activating group) is 1. The molecule has 0 radical (unpaired) electrons. The quantitative estimate of drug-likeness (QED) is 0.446. The normalized spacial score (nSPS) is 11.7. The van der Waals surface area contributed by atoms with Crippen LogP contribution in [0.3, 0.4) is 0 Å². The van der Waals surface area contributed by atoms with Crippen LogP contribution in [-0.4, -0.2) is 56.2 Å². The maximum Gasteiger partial charge on any atom is 0.191 e. The molecule has 7 heteroatoms. The number of nitrogens with one attached hydrogen (secondary N) is 2. The molecule has 0 saturated carbocycles. The highest BCUT2D eigenvalue weighted by Gasteiger charge is 2.05.